The molecule has 0 unspecified atom stereocenters. The molecule has 0 saturated heterocycles. The van der Waals surface area contributed by atoms with Gasteiger partial charge in [-0.25, -0.2) is 4.79 Å². The second-order valence-electron chi connectivity index (χ2n) is 2.04. The van der Waals surface area contributed by atoms with E-state index in [1.807, 2.05) is 6.08 Å². The first-order valence-corrected chi connectivity index (χ1v) is 3.00. The molecule has 0 radical (unpaired) electrons. The van der Waals surface area contributed by atoms with Gasteiger partial charge in [0.25, 0.3) is 0 Å². The molecule has 1 aromatic rings. The number of oxazole rings is 1. The second kappa shape index (κ2) is 1.76. The van der Waals surface area contributed by atoms with Gasteiger partial charge in [0, 0.05) is 6.54 Å². The molecule has 0 bridgehead atoms. The van der Waals surface area contributed by atoms with Crippen LogP contribution in [0.3, 0.4) is 0 Å². The SMILES string of the molecule is O=c1[nH]c2c(o1)C=CCN2. The summed E-state index contributed by atoms with van der Waals surface area (Å²) in [7, 11) is 0. The van der Waals surface area contributed by atoms with Crippen molar-refractivity contribution >= 4 is 11.9 Å². The highest BCUT2D eigenvalue weighted by Crippen LogP contribution is 2.14. The predicted octanol–water partition coefficient (Wildman–Crippen LogP) is 0.407. The van der Waals surface area contributed by atoms with Gasteiger partial charge in [-0.1, -0.05) is 6.08 Å². The van der Waals surface area contributed by atoms with Crippen LogP contribution in [0.1, 0.15) is 5.76 Å². The lowest BCUT2D eigenvalue weighted by Gasteiger charge is -2.03. The lowest BCUT2D eigenvalue weighted by Crippen LogP contribution is -2.04. The number of anilines is 1. The minimum absolute atomic E-state index is 0.413. The normalized spacial score (nSPS) is 14.4. The highest BCUT2D eigenvalue weighted by atomic mass is 16.4. The Morgan fingerprint density at radius 3 is 3.30 bits per heavy atom. The molecule has 2 rings (SSSR count). The molecule has 0 aliphatic carbocycles. The summed E-state index contributed by atoms with van der Waals surface area (Å²) in [6, 6.07) is 0. The number of nitrogens with one attached hydrogen (secondary N) is 2. The first kappa shape index (κ1) is 5.34. The Kier molecular flexibility index (Phi) is 0.943. The van der Waals surface area contributed by atoms with Crippen molar-refractivity contribution in [1.29, 1.82) is 0 Å². The van der Waals surface area contributed by atoms with Crippen molar-refractivity contribution in [2.45, 2.75) is 0 Å². The number of hydrogen-bond acceptors (Lipinski definition) is 3. The predicted molar refractivity (Wildman–Crippen MR) is 36.9 cm³/mol. The van der Waals surface area contributed by atoms with E-state index in [0.717, 1.165) is 6.54 Å². The lowest BCUT2D eigenvalue weighted by molar-refractivity contribution is 0.506. The Morgan fingerprint density at radius 1 is 1.60 bits per heavy atom. The fourth-order valence-electron chi connectivity index (χ4n) is 0.916. The maximum atomic E-state index is 10.6. The van der Waals surface area contributed by atoms with E-state index in [1.165, 1.54) is 0 Å². The highest BCUT2D eigenvalue weighted by molar-refractivity contribution is 5.61. The Morgan fingerprint density at radius 2 is 2.50 bits per heavy atom. The van der Waals surface area contributed by atoms with Crippen LogP contribution in [0.2, 0.25) is 0 Å². The Bertz CT molecular complexity index is 321. The molecule has 0 spiro atoms. The minimum atomic E-state index is -0.413. The largest absolute Gasteiger partial charge is 0.418 e. The number of aromatic nitrogens is 1. The van der Waals surface area contributed by atoms with Crippen LogP contribution in [0.4, 0.5) is 5.82 Å². The first-order valence-electron chi connectivity index (χ1n) is 3.00. The molecule has 1 aromatic heterocycles. The van der Waals surface area contributed by atoms with Crippen LogP contribution in [-0.4, -0.2) is 11.5 Å². The summed E-state index contributed by atoms with van der Waals surface area (Å²) < 4.78 is 4.75. The van der Waals surface area contributed by atoms with E-state index in [1.54, 1.807) is 6.08 Å². The van der Waals surface area contributed by atoms with Crippen molar-refractivity contribution in [2.24, 2.45) is 0 Å². The molecule has 0 aromatic carbocycles. The van der Waals surface area contributed by atoms with Gasteiger partial charge >= 0.3 is 5.76 Å². The molecule has 1 aliphatic heterocycles. The van der Waals surface area contributed by atoms with Gasteiger partial charge in [-0.2, -0.15) is 0 Å². The van der Waals surface area contributed by atoms with Crippen LogP contribution in [0.25, 0.3) is 6.08 Å². The molecular weight excluding hydrogens is 132 g/mol. The zero-order valence-corrected chi connectivity index (χ0v) is 5.18. The summed E-state index contributed by atoms with van der Waals surface area (Å²) in [5, 5.41) is 2.95. The van der Waals surface area contributed by atoms with Crippen molar-refractivity contribution in [3.63, 3.8) is 0 Å². The van der Waals surface area contributed by atoms with Gasteiger partial charge in [-0.05, 0) is 6.08 Å². The van der Waals surface area contributed by atoms with Crippen molar-refractivity contribution in [3.05, 3.63) is 22.4 Å². The van der Waals surface area contributed by atoms with Crippen molar-refractivity contribution in [2.75, 3.05) is 11.9 Å². The molecule has 4 nitrogen and oxygen atoms in total. The fraction of sp³-hybridized carbons (Fsp3) is 0.167. The van der Waals surface area contributed by atoms with Gasteiger partial charge in [0.1, 0.15) is 0 Å². The molecule has 0 fully saturated rings. The van der Waals surface area contributed by atoms with E-state index in [9.17, 15) is 4.79 Å². The molecule has 52 valence electrons. The van der Waals surface area contributed by atoms with Crippen molar-refractivity contribution in [1.82, 2.24) is 4.98 Å². The van der Waals surface area contributed by atoms with Gasteiger partial charge < -0.3 is 9.73 Å². The molecule has 2 N–H and O–H groups in total. The molecule has 10 heavy (non-hydrogen) atoms. The lowest BCUT2D eigenvalue weighted by atomic mass is 10.3. The molecule has 4 heteroatoms. The summed E-state index contributed by atoms with van der Waals surface area (Å²) in [5.41, 5.74) is 0. The van der Waals surface area contributed by atoms with E-state index >= 15 is 0 Å². The van der Waals surface area contributed by atoms with Crippen LogP contribution < -0.4 is 11.1 Å². The summed E-state index contributed by atoms with van der Waals surface area (Å²) in [4.78, 5) is 13.1. The quantitative estimate of drug-likeness (QED) is 0.545. The second-order valence-corrected chi connectivity index (χ2v) is 2.04. The van der Waals surface area contributed by atoms with E-state index in [2.05, 4.69) is 10.3 Å². The van der Waals surface area contributed by atoms with Crippen LogP contribution >= 0.6 is 0 Å². The Hall–Kier alpha value is -1.45. The fourth-order valence-corrected chi connectivity index (χ4v) is 0.916. The van der Waals surface area contributed by atoms with Gasteiger partial charge in [-0.3, -0.25) is 4.98 Å². The maximum absolute atomic E-state index is 10.6. The zero-order chi connectivity index (χ0) is 6.97. The number of rotatable bonds is 0. The summed E-state index contributed by atoms with van der Waals surface area (Å²) >= 11 is 0. The van der Waals surface area contributed by atoms with Gasteiger partial charge in [0.2, 0.25) is 0 Å². The van der Waals surface area contributed by atoms with Gasteiger partial charge in [0.05, 0.1) is 0 Å². The molecule has 2 heterocycles. The molecule has 0 atom stereocenters. The van der Waals surface area contributed by atoms with E-state index in [0.29, 0.717) is 11.6 Å². The van der Waals surface area contributed by atoms with Crippen LogP contribution in [-0.2, 0) is 0 Å². The average molecular weight is 138 g/mol. The average Bonchev–Trinajstić information content (AvgIpc) is 2.27. The summed E-state index contributed by atoms with van der Waals surface area (Å²) in [6.45, 7) is 0.739. The van der Waals surface area contributed by atoms with E-state index in [-0.39, 0.29) is 0 Å². The van der Waals surface area contributed by atoms with E-state index in [4.69, 9.17) is 4.42 Å². The van der Waals surface area contributed by atoms with Crippen molar-refractivity contribution in [3.8, 4) is 0 Å². The number of fused-ring (bicyclic) bond motifs is 1. The summed E-state index contributed by atoms with van der Waals surface area (Å²) in [6.07, 6.45) is 3.66. The van der Waals surface area contributed by atoms with E-state index < -0.39 is 5.76 Å². The monoisotopic (exact) mass is 138 g/mol. The van der Waals surface area contributed by atoms with Crippen LogP contribution in [0.15, 0.2) is 15.3 Å². The standard InChI is InChI=1S/C6H6N2O2/c9-6-8-5-4(10-6)2-1-3-7-5/h1-2,7H,3H2,(H,8,9). The third-order valence-electron chi connectivity index (χ3n) is 1.34. The molecule has 1 aliphatic rings. The summed E-state index contributed by atoms with van der Waals surface area (Å²) in [5.74, 6) is 0.841. The van der Waals surface area contributed by atoms with Crippen LogP contribution in [0, 0.1) is 0 Å². The molecule has 0 saturated carbocycles. The third kappa shape index (κ3) is 0.655. The van der Waals surface area contributed by atoms with Gasteiger partial charge in [-0.15, -0.1) is 0 Å². The Labute approximate surface area is 56.6 Å². The number of H-pyrrole nitrogens is 1. The number of aromatic amines is 1. The van der Waals surface area contributed by atoms with Crippen molar-refractivity contribution < 1.29 is 4.42 Å². The first-order chi connectivity index (χ1) is 4.86. The Balaban J connectivity index is 2.63. The molecule has 0 amide bonds. The molecular formula is C6H6N2O2. The smallest absolute Gasteiger partial charge is 0.406 e. The highest BCUT2D eigenvalue weighted by Gasteiger charge is 2.07. The maximum Gasteiger partial charge on any atom is 0.418 e. The van der Waals surface area contributed by atoms with Crippen LogP contribution in [0.5, 0.6) is 0 Å². The third-order valence-corrected chi connectivity index (χ3v) is 1.34. The topological polar surface area (TPSA) is 58.0 Å². The number of hydrogen-bond donors (Lipinski definition) is 2. The minimum Gasteiger partial charge on any atom is -0.406 e. The zero-order valence-electron chi connectivity index (χ0n) is 5.18. The van der Waals surface area contributed by atoms with Gasteiger partial charge in [0.15, 0.2) is 11.6 Å².